The number of nitrogens with two attached hydrogens (primary N) is 1. The highest BCUT2D eigenvalue weighted by Gasteiger charge is 2.17. The normalized spacial score (nSPS) is 11.6. The van der Waals surface area contributed by atoms with Gasteiger partial charge in [-0.25, -0.2) is 0 Å². The molecule has 28 heavy (non-hydrogen) atoms. The van der Waals surface area contributed by atoms with Crippen molar-refractivity contribution in [2.75, 3.05) is 13.7 Å². The van der Waals surface area contributed by atoms with Gasteiger partial charge in [0.15, 0.2) is 0 Å². The zero-order valence-electron chi connectivity index (χ0n) is 15.5. The fraction of sp³-hybridized carbons (Fsp3) is 0.316. The summed E-state index contributed by atoms with van der Waals surface area (Å²) in [4.78, 5) is 22.0. The van der Waals surface area contributed by atoms with Crippen molar-refractivity contribution >= 4 is 23.3 Å². The van der Waals surface area contributed by atoms with Crippen LogP contribution in [0.5, 0.6) is 11.5 Å². The fourth-order valence-corrected chi connectivity index (χ4v) is 2.76. The van der Waals surface area contributed by atoms with Crippen LogP contribution < -0.4 is 15.2 Å². The van der Waals surface area contributed by atoms with Crippen LogP contribution in [-0.4, -0.2) is 30.7 Å². The Morgan fingerprint density at radius 1 is 1.25 bits per heavy atom. The zero-order valence-corrected chi connectivity index (χ0v) is 16.3. The maximum absolute atomic E-state index is 11.7. The van der Waals surface area contributed by atoms with E-state index in [0.717, 1.165) is 5.56 Å². The second kappa shape index (κ2) is 9.91. The number of nitrogens with zero attached hydrogens (tertiary/aromatic N) is 1. The molecule has 0 heterocycles. The lowest BCUT2D eigenvalue weighted by molar-refractivity contribution is -0.384. The maximum atomic E-state index is 11.7. The summed E-state index contributed by atoms with van der Waals surface area (Å²) < 4.78 is 15.9. The number of hydrogen-bond donors (Lipinski definition) is 1. The third-order valence-electron chi connectivity index (χ3n) is 3.90. The second-order valence-corrected chi connectivity index (χ2v) is 6.28. The average Bonchev–Trinajstić information content (AvgIpc) is 2.67. The van der Waals surface area contributed by atoms with E-state index in [1.807, 2.05) is 6.07 Å². The molecule has 2 N–H and O–H groups in total. The highest BCUT2D eigenvalue weighted by molar-refractivity contribution is 6.32. The number of nitro groups is 1. The van der Waals surface area contributed by atoms with Crippen molar-refractivity contribution in [3.8, 4) is 11.5 Å². The Hall–Kier alpha value is -2.84. The Balaban J connectivity index is 2.14. The SMILES string of the molecule is CCOC(=O)C(N)Cc1ccc(OC)c(COc2ccc([N+](=O)[O-])cc2Cl)c1. The molecule has 0 aliphatic carbocycles. The first-order valence-electron chi connectivity index (χ1n) is 8.50. The predicted octanol–water partition coefficient (Wildman–Crippen LogP) is 3.27. The molecule has 0 amide bonds. The molecule has 0 radical (unpaired) electrons. The van der Waals surface area contributed by atoms with E-state index in [4.69, 9.17) is 31.5 Å². The largest absolute Gasteiger partial charge is 0.496 e. The van der Waals surface area contributed by atoms with E-state index in [2.05, 4.69) is 0 Å². The van der Waals surface area contributed by atoms with E-state index >= 15 is 0 Å². The predicted molar refractivity (Wildman–Crippen MR) is 104 cm³/mol. The molecule has 2 rings (SSSR count). The lowest BCUT2D eigenvalue weighted by Gasteiger charge is -2.15. The number of carbonyl (C=O) groups is 1. The molecular weight excluding hydrogens is 388 g/mol. The molecule has 1 atom stereocenters. The molecule has 9 heteroatoms. The number of methoxy groups -OCH3 is 1. The first-order valence-corrected chi connectivity index (χ1v) is 8.88. The Labute approximate surface area is 167 Å². The van der Waals surface area contributed by atoms with Gasteiger partial charge in [-0.1, -0.05) is 17.7 Å². The van der Waals surface area contributed by atoms with E-state index in [0.29, 0.717) is 23.5 Å². The molecule has 2 aromatic rings. The van der Waals surface area contributed by atoms with Crippen LogP contribution in [0.2, 0.25) is 5.02 Å². The van der Waals surface area contributed by atoms with Crippen LogP contribution in [0, 0.1) is 10.1 Å². The Morgan fingerprint density at radius 3 is 2.57 bits per heavy atom. The topological polar surface area (TPSA) is 114 Å². The third-order valence-corrected chi connectivity index (χ3v) is 4.19. The van der Waals surface area contributed by atoms with Crippen LogP contribution in [-0.2, 0) is 22.6 Å². The molecule has 150 valence electrons. The summed E-state index contributed by atoms with van der Waals surface area (Å²) in [6.45, 7) is 2.10. The van der Waals surface area contributed by atoms with Crippen molar-refractivity contribution in [1.29, 1.82) is 0 Å². The van der Waals surface area contributed by atoms with Gasteiger partial charge in [-0.15, -0.1) is 0 Å². The number of rotatable bonds is 9. The van der Waals surface area contributed by atoms with Gasteiger partial charge in [0, 0.05) is 17.7 Å². The molecule has 0 aliphatic rings. The highest BCUT2D eigenvalue weighted by Crippen LogP contribution is 2.30. The van der Waals surface area contributed by atoms with Gasteiger partial charge in [0.05, 0.1) is 23.7 Å². The molecule has 0 spiro atoms. The standard InChI is InChI=1S/C19H21ClN2O6/c1-3-27-19(23)16(21)9-12-4-6-17(26-2)13(8-12)11-28-18-7-5-14(22(24)25)10-15(18)20/h4-8,10,16H,3,9,11,21H2,1-2H3. The molecule has 0 aliphatic heterocycles. The van der Waals surface area contributed by atoms with Gasteiger partial charge in [-0.2, -0.15) is 0 Å². The third kappa shape index (κ3) is 5.58. The van der Waals surface area contributed by atoms with Gasteiger partial charge < -0.3 is 19.9 Å². The summed E-state index contributed by atoms with van der Waals surface area (Å²) in [5.74, 6) is 0.434. The summed E-state index contributed by atoms with van der Waals surface area (Å²) >= 11 is 6.05. The van der Waals surface area contributed by atoms with Crippen molar-refractivity contribution in [3.05, 3.63) is 62.7 Å². The Kier molecular flexibility index (Phi) is 7.60. The Morgan fingerprint density at radius 2 is 1.96 bits per heavy atom. The van der Waals surface area contributed by atoms with Crippen molar-refractivity contribution in [3.63, 3.8) is 0 Å². The smallest absolute Gasteiger partial charge is 0.323 e. The summed E-state index contributed by atoms with van der Waals surface area (Å²) in [7, 11) is 1.53. The first-order chi connectivity index (χ1) is 13.3. The van der Waals surface area contributed by atoms with Crippen LogP contribution in [0.15, 0.2) is 36.4 Å². The number of non-ortho nitro benzene ring substituents is 1. The number of nitro benzene ring substituents is 1. The molecular formula is C19H21ClN2O6. The molecule has 0 fully saturated rings. The molecule has 0 aromatic heterocycles. The van der Waals surface area contributed by atoms with E-state index in [9.17, 15) is 14.9 Å². The quantitative estimate of drug-likeness (QED) is 0.384. The van der Waals surface area contributed by atoms with Gasteiger partial charge in [0.1, 0.15) is 24.1 Å². The Bertz CT molecular complexity index is 858. The van der Waals surface area contributed by atoms with Crippen molar-refractivity contribution in [2.45, 2.75) is 26.0 Å². The van der Waals surface area contributed by atoms with Crippen LogP contribution in [0.4, 0.5) is 5.69 Å². The summed E-state index contributed by atoms with van der Waals surface area (Å²) in [6.07, 6.45) is 0.300. The maximum Gasteiger partial charge on any atom is 0.323 e. The van der Waals surface area contributed by atoms with Gasteiger partial charge >= 0.3 is 5.97 Å². The summed E-state index contributed by atoms with van der Waals surface area (Å²) in [6, 6.07) is 8.58. The van der Waals surface area contributed by atoms with E-state index < -0.39 is 16.9 Å². The van der Waals surface area contributed by atoms with Crippen LogP contribution in [0.1, 0.15) is 18.1 Å². The minimum absolute atomic E-state index is 0.114. The zero-order chi connectivity index (χ0) is 20.7. The number of esters is 1. The molecule has 0 saturated carbocycles. The van der Waals surface area contributed by atoms with Crippen LogP contribution in [0.25, 0.3) is 0 Å². The summed E-state index contributed by atoms with van der Waals surface area (Å²) in [5.41, 5.74) is 7.28. The first kappa shape index (κ1) is 21.5. The lowest BCUT2D eigenvalue weighted by atomic mass is 10.0. The van der Waals surface area contributed by atoms with E-state index in [1.165, 1.54) is 25.3 Å². The molecule has 8 nitrogen and oxygen atoms in total. The van der Waals surface area contributed by atoms with E-state index in [1.54, 1.807) is 19.1 Å². The second-order valence-electron chi connectivity index (χ2n) is 5.87. The van der Waals surface area contributed by atoms with Crippen molar-refractivity contribution in [2.24, 2.45) is 5.73 Å². The van der Waals surface area contributed by atoms with Gasteiger partial charge in [0.25, 0.3) is 5.69 Å². The van der Waals surface area contributed by atoms with Crippen LogP contribution >= 0.6 is 11.6 Å². The van der Waals surface area contributed by atoms with Gasteiger partial charge in [0.2, 0.25) is 0 Å². The lowest BCUT2D eigenvalue weighted by Crippen LogP contribution is -2.34. The van der Waals surface area contributed by atoms with Crippen LogP contribution in [0.3, 0.4) is 0 Å². The number of ether oxygens (including phenoxy) is 3. The van der Waals surface area contributed by atoms with E-state index in [-0.39, 0.29) is 23.9 Å². The average molecular weight is 409 g/mol. The highest BCUT2D eigenvalue weighted by atomic mass is 35.5. The number of carbonyl (C=O) groups excluding carboxylic acids is 1. The minimum atomic E-state index is -0.772. The molecule has 1 unspecified atom stereocenters. The van der Waals surface area contributed by atoms with Gasteiger partial charge in [-0.3, -0.25) is 14.9 Å². The molecule has 0 bridgehead atoms. The van der Waals surface area contributed by atoms with Crippen molar-refractivity contribution < 1.29 is 23.9 Å². The monoisotopic (exact) mass is 408 g/mol. The van der Waals surface area contributed by atoms with Crippen molar-refractivity contribution in [1.82, 2.24) is 0 Å². The number of hydrogen-bond acceptors (Lipinski definition) is 7. The minimum Gasteiger partial charge on any atom is -0.496 e. The number of halogens is 1. The molecule has 0 saturated heterocycles. The molecule has 2 aromatic carbocycles. The fourth-order valence-electron chi connectivity index (χ4n) is 2.53. The van der Waals surface area contributed by atoms with Gasteiger partial charge in [-0.05, 0) is 37.1 Å². The number of benzene rings is 2. The summed E-state index contributed by atoms with van der Waals surface area (Å²) in [5, 5.41) is 10.9.